The highest BCUT2D eigenvalue weighted by Gasteiger charge is 2.45. The van der Waals surface area contributed by atoms with Crippen molar-refractivity contribution in [2.24, 2.45) is 0 Å². The Labute approximate surface area is 200 Å². The Morgan fingerprint density at radius 2 is 2.00 bits per heavy atom. The molecule has 2 fully saturated rings. The second kappa shape index (κ2) is 10.6. The van der Waals surface area contributed by atoms with Gasteiger partial charge in [0.2, 0.25) is 11.8 Å². The van der Waals surface area contributed by atoms with Gasteiger partial charge in [0.05, 0.1) is 12.5 Å². The van der Waals surface area contributed by atoms with Crippen molar-refractivity contribution in [2.45, 2.75) is 57.2 Å². The quantitative estimate of drug-likeness (QED) is 0.466. The van der Waals surface area contributed by atoms with Crippen LogP contribution in [0, 0.1) is 6.92 Å². The lowest BCUT2D eigenvalue weighted by molar-refractivity contribution is -0.176. The zero-order valence-electron chi connectivity index (χ0n) is 18.5. The van der Waals surface area contributed by atoms with Gasteiger partial charge in [0, 0.05) is 23.6 Å². The molecule has 34 heavy (non-hydrogen) atoms. The summed E-state index contributed by atoms with van der Waals surface area (Å²) in [6, 6.07) is 1.29. The third kappa shape index (κ3) is 5.53. The molecule has 3 N–H and O–H groups in total. The molecular formula is C22H25ClN4O7. The largest absolute Gasteiger partial charge is 0.481 e. The third-order valence-corrected chi connectivity index (χ3v) is 6.04. The molecule has 2 saturated heterocycles. The summed E-state index contributed by atoms with van der Waals surface area (Å²) in [4.78, 5) is 74.1. The topological polar surface area (TPSA) is 153 Å². The molecule has 0 aromatic heterocycles. The first-order valence-corrected chi connectivity index (χ1v) is 11.2. The Bertz CT molecular complexity index is 1030. The predicted octanol–water partition coefficient (Wildman–Crippen LogP) is 0.434. The van der Waals surface area contributed by atoms with Crippen LogP contribution in [0.5, 0.6) is 0 Å². The number of hydrogen-bond donors (Lipinski definition) is 3. The molecular weight excluding hydrogens is 468 g/mol. The van der Waals surface area contributed by atoms with Crippen LogP contribution in [0.15, 0.2) is 18.2 Å². The van der Waals surface area contributed by atoms with E-state index in [4.69, 9.17) is 16.7 Å². The van der Waals surface area contributed by atoms with Crippen LogP contribution in [-0.2, 0) is 24.0 Å². The maximum atomic E-state index is 13.4. The van der Waals surface area contributed by atoms with Gasteiger partial charge in [0.1, 0.15) is 18.4 Å². The minimum absolute atomic E-state index is 0.0218. The molecule has 12 heteroatoms. The van der Waals surface area contributed by atoms with Gasteiger partial charge < -0.3 is 20.5 Å². The number of rotatable bonds is 7. The van der Waals surface area contributed by atoms with E-state index in [2.05, 4.69) is 10.6 Å². The highest BCUT2D eigenvalue weighted by molar-refractivity contribution is 6.31. The molecule has 3 unspecified atom stereocenters. The standard InChI is InChI=1S/C22H25ClN4O7/c1-12-4-5-13(23)9-15(12)20(32)25-16-6-7-18(29)26-8-2-3-17(27(26)22(16)34)21(33)24-14(11-28)10-19(30)31/h4-5,9,11,14,16-17H,2-3,6-8,10H2,1H3,(H,24,33)(H,25,32)(H,30,31). The Morgan fingerprint density at radius 1 is 1.26 bits per heavy atom. The van der Waals surface area contributed by atoms with Gasteiger partial charge in [-0.2, -0.15) is 0 Å². The molecule has 0 aliphatic carbocycles. The first kappa shape index (κ1) is 25.2. The molecule has 2 aliphatic heterocycles. The zero-order valence-corrected chi connectivity index (χ0v) is 19.2. The van der Waals surface area contributed by atoms with Crippen molar-refractivity contribution in [3.05, 3.63) is 34.3 Å². The summed E-state index contributed by atoms with van der Waals surface area (Å²) in [7, 11) is 0. The summed E-state index contributed by atoms with van der Waals surface area (Å²) in [6.45, 7) is 1.94. The van der Waals surface area contributed by atoms with E-state index in [1.807, 2.05) is 0 Å². The van der Waals surface area contributed by atoms with Gasteiger partial charge in [-0.25, -0.2) is 5.01 Å². The number of benzene rings is 1. The number of aldehydes is 1. The Morgan fingerprint density at radius 3 is 2.68 bits per heavy atom. The highest BCUT2D eigenvalue weighted by Crippen LogP contribution is 2.25. The number of aryl methyl sites for hydroxylation is 1. The van der Waals surface area contributed by atoms with Crippen LogP contribution in [0.1, 0.15) is 48.0 Å². The summed E-state index contributed by atoms with van der Waals surface area (Å²) in [5.74, 6) is -3.58. The fourth-order valence-corrected chi connectivity index (χ4v) is 4.25. The molecule has 11 nitrogen and oxygen atoms in total. The number of nitrogens with one attached hydrogen (secondary N) is 2. The molecule has 3 atom stereocenters. The number of fused-ring (bicyclic) bond motifs is 1. The summed E-state index contributed by atoms with van der Waals surface area (Å²) in [6.07, 6.45) is 0.339. The molecule has 0 spiro atoms. The fraction of sp³-hybridized carbons (Fsp3) is 0.455. The first-order chi connectivity index (χ1) is 16.1. The lowest BCUT2D eigenvalue weighted by Crippen LogP contribution is -2.64. The van der Waals surface area contributed by atoms with Crippen molar-refractivity contribution in [3.8, 4) is 0 Å². The number of carbonyl (C=O) groups is 6. The van der Waals surface area contributed by atoms with Crippen molar-refractivity contribution in [2.75, 3.05) is 6.54 Å². The minimum Gasteiger partial charge on any atom is -0.481 e. The number of carboxylic acid groups (broad SMARTS) is 1. The summed E-state index contributed by atoms with van der Waals surface area (Å²) < 4.78 is 0. The molecule has 2 aliphatic rings. The van der Waals surface area contributed by atoms with Crippen LogP contribution in [0.4, 0.5) is 0 Å². The monoisotopic (exact) mass is 492 g/mol. The average Bonchev–Trinajstić information content (AvgIpc) is 2.91. The molecule has 1 aromatic rings. The number of hydrazine groups is 1. The van der Waals surface area contributed by atoms with E-state index in [-0.39, 0.29) is 37.3 Å². The van der Waals surface area contributed by atoms with Crippen LogP contribution in [0.25, 0.3) is 0 Å². The summed E-state index contributed by atoms with van der Waals surface area (Å²) in [5, 5.41) is 16.5. The molecule has 0 bridgehead atoms. The summed E-state index contributed by atoms with van der Waals surface area (Å²) >= 11 is 6.00. The van der Waals surface area contributed by atoms with Gasteiger partial charge in [0.15, 0.2) is 0 Å². The number of nitrogens with zero attached hydrogens (tertiary/aromatic N) is 2. The van der Waals surface area contributed by atoms with E-state index < -0.39 is 48.2 Å². The van der Waals surface area contributed by atoms with Crippen molar-refractivity contribution in [3.63, 3.8) is 0 Å². The van der Waals surface area contributed by atoms with Crippen LogP contribution in [-0.4, -0.2) is 75.7 Å². The van der Waals surface area contributed by atoms with Crippen molar-refractivity contribution in [1.82, 2.24) is 20.7 Å². The fourth-order valence-electron chi connectivity index (χ4n) is 4.08. The van der Waals surface area contributed by atoms with E-state index in [0.29, 0.717) is 23.3 Å². The van der Waals surface area contributed by atoms with Gasteiger partial charge in [-0.1, -0.05) is 17.7 Å². The van der Waals surface area contributed by atoms with Crippen LogP contribution < -0.4 is 10.6 Å². The molecule has 0 radical (unpaired) electrons. The van der Waals surface area contributed by atoms with Gasteiger partial charge in [-0.15, -0.1) is 0 Å². The number of halogens is 1. The van der Waals surface area contributed by atoms with Gasteiger partial charge >= 0.3 is 5.97 Å². The van der Waals surface area contributed by atoms with E-state index in [1.54, 1.807) is 19.1 Å². The van der Waals surface area contributed by atoms with Gasteiger partial charge in [-0.3, -0.25) is 29.0 Å². The number of hydrogen-bond acceptors (Lipinski definition) is 6. The predicted molar refractivity (Wildman–Crippen MR) is 119 cm³/mol. The molecule has 4 amide bonds. The lowest BCUT2D eigenvalue weighted by atomic mass is 10.0. The minimum atomic E-state index is -1.28. The lowest BCUT2D eigenvalue weighted by Gasteiger charge is -2.43. The smallest absolute Gasteiger partial charge is 0.305 e. The average molecular weight is 493 g/mol. The number of aliphatic carboxylic acids is 1. The summed E-state index contributed by atoms with van der Waals surface area (Å²) in [5.41, 5.74) is 0.928. The van der Waals surface area contributed by atoms with E-state index in [1.165, 1.54) is 11.1 Å². The second-order valence-corrected chi connectivity index (χ2v) is 8.67. The van der Waals surface area contributed by atoms with Crippen LogP contribution in [0.3, 0.4) is 0 Å². The third-order valence-electron chi connectivity index (χ3n) is 5.80. The molecule has 0 saturated carbocycles. The van der Waals surface area contributed by atoms with Crippen molar-refractivity contribution in [1.29, 1.82) is 0 Å². The SMILES string of the molecule is Cc1ccc(Cl)cc1C(=O)NC1CCC(=O)N2CCCC(C(=O)NC(C=O)CC(=O)O)N2C1=O. The Kier molecular flexibility index (Phi) is 7.87. The maximum Gasteiger partial charge on any atom is 0.305 e. The zero-order chi connectivity index (χ0) is 25.0. The van der Waals surface area contributed by atoms with Crippen LogP contribution in [0.2, 0.25) is 5.02 Å². The molecule has 182 valence electrons. The first-order valence-electron chi connectivity index (χ1n) is 10.8. The molecule has 3 rings (SSSR count). The van der Waals surface area contributed by atoms with Crippen LogP contribution >= 0.6 is 11.6 Å². The second-order valence-electron chi connectivity index (χ2n) is 8.23. The highest BCUT2D eigenvalue weighted by atomic mass is 35.5. The van der Waals surface area contributed by atoms with Crippen molar-refractivity contribution < 1.29 is 33.9 Å². The molecule has 2 heterocycles. The Balaban J connectivity index is 1.83. The van der Waals surface area contributed by atoms with E-state index in [9.17, 15) is 28.8 Å². The maximum absolute atomic E-state index is 13.4. The van der Waals surface area contributed by atoms with Crippen molar-refractivity contribution >= 4 is 47.5 Å². The number of amides is 4. The normalized spacial score (nSPS) is 21.2. The number of carboxylic acids is 1. The van der Waals surface area contributed by atoms with E-state index in [0.717, 1.165) is 5.01 Å². The van der Waals surface area contributed by atoms with Gasteiger partial charge in [-0.05, 0) is 43.9 Å². The van der Waals surface area contributed by atoms with Gasteiger partial charge in [0.25, 0.3) is 11.8 Å². The number of carbonyl (C=O) groups excluding carboxylic acids is 5. The van der Waals surface area contributed by atoms with E-state index >= 15 is 0 Å². The molecule has 1 aromatic carbocycles. The Hall–Kier alpha value is -3.47.